The lowest BCUT2D eigenvalue weighted by Crippen LogP contribution is -2.49. The first-order valence-corrected chi connectivity index (χ1v) is 9.05. The lowest BCUT2D eigenvalue weighted by atomic mass is 9.71. The zero-order valence-electron chi connectivity index (χ0n) is 13.0. The van der Waals surface area contributed by atoms with Crippen LogP contribution in [0.1, 0.15) is 39.5 Å². The van der Waals surface area contributed by atoms with Gasteiger partial charge in [-0.15, -0.1) is 0 Å². The Kier molecular flexibility index (Phi) is 6.64. The van der Waals surface area contributed by atoms with Crippen LogP contribution in [0.5, 0.6) is 0 Å². The fourth-order valence-electron chi connectivity index (χ4n) is 2.70. The van der Waals surface area contributed by atoms with Gasteiger partial charge in [0.1, 0.15) is 0 Å². The zero-order valence-corrected chi connectivity index (χ0v) is 13.8. The molecule has 2 amide bonds. The van der Waals surface area contributed by atoms with Crippen LogP contribution in [0.2, 0.25) is 0 Å². The number of hydrogen-bond donors (Lipinski definition) is 3. The summed E-state index contributed by atoms with van der Waals surface area (Å²) in [6, 6.07) is -0.602. The zero-order chi connectivity index (χ0) is 16.0. The number of carboxylic acid groups (broad SMARTS) is 1. The van der Waals surface area contributed by atoms with Gasteiger partial charge >= 0.3 is 12.0 Å². The van der Waals surface area contributed by atoms with Crippen LogP contribution in [0.4, 0.5) is 4.79 Å². The summed E-state index contributed by atoms with van der Waals surface area (Å²) in [5.74, 6) is 0.0953. The third-order valence-corrected chi connectivity index (χ3v) is 5.10. The number of carbonyl (C=O) groups is 2. The van der Waals surface area contributed by atoms with E-state index in [-0.39, 0.29) is 12.6 Å². The molecule has 1 aliphatic carbocycles. The highest BCUT2D eigenvalue weighted by molar-refractivity contribution is 7.84. The average Bonchev–Trinajstić information content (AvgIpc) is 2.37. The van der Waals surface area contributed by atoms with Crippen LogP contribution >= 0.6 is 0 Å². The van der Waals surface area contributed by atoms with Gasteiger partial charge in [-0.2, -0.15) is 0 Å². The smallest absolute Gasteiger partial charge is 0.315 e. The highest BCUT2D eigenvalue weighted by Gasteiger charge is 2.41. The summed E-state index contributed by atoms with van der Waals surface area (Å²) in [4.78, 5) is 23.3. The molecule has 1 rings (SSSR count). The lowest BCUT2D eigenvalue weighted by Gasteiger charge is -2.35. The number of carbonyl (C=O) groups excluding carboxylic acids is 1. The van der Waals surface area contributed by atoms with E-state index in [2.05, 4.69) is 17.6 Å². The molecule has 0 heterocycles. The SMILES string of the molecule is CC1CCC(CNC(=O)NC(C)CS(C)=O)(C(=O)O)CC1. The van der Waals surface area contributed by atoms with Crippen molar-refractivity contribution < 1.29 is 18.9 Å². The van der Waals surface area contributed by atoms with Crippen molar-refractivity contribution in [3.05, 3.63) is 0 Å². The van der Waals surface area contributed by atoms with Gasteiger partial charge in [0.15, 0.2) is 0 Å². The van der Waals surface area contributed by atoms with Crippen LogP contribution < -0.4 is 10.6 Å². The highest BCUT2D eigenvalue weighted by atomic mass is 32.2. The predicted octanol–water partition coefficient (Wildman–Crippen LogP) is 1.33. The van der Waals surface area contributed by atoms with E-state index >= 15 is 0 Å². The summed E-state index contributed by atoms with van der Waals surface area (Å²) in [7, 11) is -0.977. The Morgan fingerprint density at radius 1 is 1.38 bits per heavy atom. The Bertz CT molecular complexity index is 406. The summed E-state index contributed by atoms with van der Waals surface area (Å²) >= 11 is 0. The van der Waals surface area contributed by atoms with Crippen LogP contribution in [0.15, 0.2) is 0 Å². The molecule has 0 saturated heterocycles. The molecule has 0 aromatic carbocycles. The minimum atomic E-state index is -0.977. The summed E-state index contributed by atoms with van der Waals surface area (Å²) in [5, 5.41) is 14.8. The van der Waals surface area contributed by atoms with E-state index in [1.54, 1.807) is 13.2 Å². The van der Waals surface area contributed by atoms with Crippen LogP contribution in [0, 0.1) is 11.3 Å². The van der Waals surface area contributed by atoms with E-state index in [1.165, 1.54) is 0 Å². The maximum atomic E-state index is 11.8. The molecule has 3 N–H and O–H groups in total. The fraction of sp³-hybridized carbons (Fsp3) is 0.857. The largest absolute Gasteiger partial charge is 0.481 e. The monoisotopic (exact) mass is 318 g/mol. The molecule has 0 aliphatic heterocycles. The number of aliphatic carboxylic acids is 1. The molecular weight excluding hydrogens is 292 g/mol. The molecule has 1 saturated carbocycles. The molecule has 0 spiro atoms. The number of hydrogen-bond acceptors (Lipinski definition) is 3. The van der Waals surface area contributed by atoms with Crippen molar-refractivity contribution in [1.29, 1.82) is 0 Å². The van der Waals surface area contributed by atoms with Gasteiger partial charge in [0.2, 0.25) is 0 Å². The van der Waals surface area contributed by atoms with Gasteiger partial charge in [0.05, 0.1) is 5.41 Å². The number of rotatable bonds is 6. The van der Waals surface area contributed by atoms with Crippen molar-refractivity contribution in [2.45, 2.75) is 45.6 Å². The van der Waals surface area contributed by atoms with E-state index in [9.17, 15) is 18.9 Å². The van der Waals surface area contributed by atoms with Crippen LogP contribution in [0.25, 0.3) is 0 Å². The first-order chi connectivity index (χ1) is 9.75. The second-order valence-electron chi connectivity index (χ2n) is 6.24. The second kappa shape index (κ2) is 7.77. The van der Waals surface area contributed by atoms with Crippen molar-refractivity contribution in [2.75, 3.05) is 18.6 Å². The minimum Gasteiger partial charge on any atom is -0.481 e. The van der Waals surface area contributed by atoms with Crippen LogP contribution in [-0.4, -0.2) is 45.9 Å². The molecule has 6 nitrogen and oxygen atoms in total. The maximum absolute atomic E-state index is 11.8. The molecule has 0 bridgehead atoms. The van der Waals surface area contributed by atoms with E-state index in [0.717, 1.165) is 12.8 Å². The Balaban J connectivity index is 2.48. The fourth-order valence-corrected chi connectivity index (χ4v) is 3.49. The Morgan fingerprint density at radius 3 is 2.43 bits per heavy atom. The van der Waals surface area contributed by atoms with Gasteiger partial charge < -0.3 is 15.7 Å². The van der Waals surface area contributed by atoms with Crippen LogP contribution in [-0.2, 0) is 15.6 Å². The van der Waals surface area contributed by atoms with Gasteiger partial charge in [0, 0.05) is 35.4 Å². The predicted molar refractivity (Wildman–Crippen MR) is 82.6 cm³/mol. The van der Waals surface area contributed by atoms with Crippen LogP contribution in [0.3, 0.4) is 0 Å². The van der Waals surface area contributed by atoms with E-state index in [1.807, 2.05) is 0 Å². The van der Waals surface area contributed by atoms with Crippen molar-refractivity contribution in [1.82, 2.24) is 10.6 Å². The standard InChI is InChI=1S/C14H26N2O4S/c1-10-4-6-14(7-5-10,12(17)18)9-15-13(19)16-11(2)8-21(3)20/h10-11H,4-9H2,1-3H3,(H,17,18)(H2,15,16,19). The summed E-state index contributed by atoms with van der Waals surface area (Å²) in [6.07, 6.45) is 4.52. The van der Waals surface area contributed by atoms with Crippen molar-refractivity contribution in [3.63, 3.8) is 0 Å². The maximum Gasteiger partial charge on any atom is 0.315 e. The van der Waals surface area contributed by atoms with Gasteiger partial charge in [-0.3, -0.25) is 9.00 Å². The number of urea groups is 1. The van der Waals surface area contributed by atoms with Gasteiger partial charge in [-0.25, -0.2) is 4.79 Å². The Morgan fingerprint density at radius 2 is 1.95 bits per heavy atom. The number of nitrogens with one attached hydrogen (secondary N) is 2. The van der Waals surface area contributed by atoms with E-state index < -0.39 is 28.2 Å². The molecule has 1 fully saturated rings. The number of carboxylic acids is 1. The minimum absolute atomic E-state index is 0.142. The quantitative estimate of drug-likeness (QED) is 0.688. The first kappa shape index (κ1) is 17.9. The Hall–Kier alpha value is -1.11. The molecule has 0 aromatic rings. The molecule has 2 atom stereocenters. The Labute approximate surface area is 128 Å². The molecule has 2 unspecified atom stereocenters. The summed E-state index contributed by atoms with van der Waals surface area (Å²) in [6.45, 7) is 4.04. The summed E-state index contributed by atoms with van der Waals surface area (Å²) < 4.78 is 11.1. The van der Waals surface area contributed by atoms with Crippen molar-refractivity contribution >= 4 is 22.8 Å². The lowest BCUT2D eigenvalue weighted by molar-refractivity contribution is -0.151. The molecule has 7 heteroatoms. The molecule has 1 aliphatic rings. The molecular formula is C14H26N2O4S. The topological polar surface area (TPSA) is 95.5 Å². The molecule has 122 valence electrons. The normalized spacial score (nSPS) is 28.4. The number of amides is 2. The van der Waals surface area contributed by atoms with Crippen molar-refractivity contribution in [3.8, 4) is 0 Å². The molecule has 21 heavy (non-hydrogen) atoms. The van der Waals surface area contributed by atoms with Gasteiger partial charge in [-0.05, 0) is 38.5 Å². The molecule has 0 aromatic heterocycles. The van der Waals surface area contributed by atoms with E-state index in [0.29, 0.717) is 24.5 Å². The van der Waals surface area contributed by atoms with Crippen molar-refractivity contribution in [2.24, 2.45) is 11.3 Å². The summed E-state index contributed by atoms with van der Waals surface area (Å²) in [5.41, 5.74) is -0.847. The van der Waals surface area contributed by atoms with Gasteiger partial charge in [0.25, 0.3) is 0 Å². The average molecular weight is 318 g/mol. The van der Waals surface area contributed by atoms with Gasteiger partial charge in [-0.1, -0.05) is 6.92 Å². The highest BCUT2D eigenvalue weighted by Crippen LogP contribution is 2.38. The third kappa shape index (κ3) is 5.65. The second-order valence-corrected chi connectivity index (χ2v) is 7.72. The third-order valence-electron chi connectivity index (χ3n) is 4.13. The first-order valence-electron chi connectivity index (χ1n) is 7.33. The molecule has 0 radical (unpaired) electrons. The van der Waals surface area contributed by atoms with E-state index in [4.69, 9.17) is 0 Å².